The lowest BCUT2D eigenvalue weighted by molar-refractivity contribution is 0.615. The Morgan fingerprint density at radius 1 is 1.11 bits per heavy atom. The fraction of sp³-hybridized carbons (Fsp3) is 0.154. The van der Waals surface area contributed by atoms with Gasteiger partial charge in [-0.05, 0) is 35.9 Å². The highest BCUT2D eigenvalue weighted by Crippen LogP contribution is 2.23. The fourth-order valence-electron chi connectivity index (χ4n) is 1.44. The van der Waals surface area contributed by atoms with E-state index in [9.17, 15) is 8.78 Å². The molecule has 0 saturated carbocycles. The summed E-state index contributed by atoms with van der Waals surface area (Å²) in [6.07, 6.45) is 2.70. The van der Waals surface area contributed by atoms with Crippen LogP contribution in [0.5, 0.6) is 0 Å². The molecule has 0 fully saturated rings. The van der Waals surface area contributed by atoms with E-state index in [2.05, 4.69) is 4.98 Å². The second kappa shape index (κ2) is 5.93. The van der Waals surface area contributed by atoms with Crippen LogP contribution in [-0.2, 0) is 0 Å². The maximum Gasteiger partial charge on any atom is 0.141 e. The molecule has 1 atom stereocenters. The second-order valence-electron chi connectivity index (χ2n) is 3.81. The Kier molecular flexibility index (Phi) is 4.28. The van der Waals surface area contributed by atoms with Gasteiger partial charge in [0.05, 0.1) is 6.20 Å². The summed E-state index contributed by atoms with van der Waals surface area (Å²) >= 11 is 1.50. The topological polar surface area (TPSA) is 38.9 Å². The zero-order valence-electron chi connectivity index (χ0n) is 9.51. The van der Waals surface area contributed by atoms with Crippen LogP contribution in [0.4, 0.5) is 8.78 Å². The fourth-order valence-corrected chi connectivity index (χ4v) is 2.34. The Balaban J connectivity index is 1.96. The molecule has 18 heavy (non-hydrogen) atoms. The number of nitrogens with zero attached hydrogens (tertiary/aromatic N) is 1. The molecular weight excluding hydrogens is 254 g/mol. The molecule has 1 heterocycles. The van der Waals surface area contributed by atoms with Gasteiger partial charge < -0.3 is 5.73 Å². The number of benzene rings is 1. The van der Waals surface area contributed by atoms with E-state index >= 15 is 0 Å². The van der Waals surface area contributed by atoms with Gasteiger partial charge in [0.2, 0.25) is 0 Å². The third kappa shape index (κ3) is 3.51. The normalized spacial score (nSPS) is 12.4. The number of aromatic nitrogens is 1. The minimum absolute atomic E-state index is 0.266. The summed E-state index contributed by atoms with van der Waals surface area (Å²) in [6.45, 7) is 0. The van der Waals surface area contributed by atoms with Crippen LogP contribution in [0.25, 0.3) is 0 Å². The Labute approximate surface area is 108 Å². The third-order valence-corrected chi connectivity index (χ3v) is 3.53. The Morgan fingerprint density at radius 3 is 2.50 bits per heavy atom. The quantitative estimate of drug-likeness (QED) is 0.864. The van der Waals surface area contributed by atoms with Crippen LogP contribution in [0.1, 0.15) is 11.6 Å². The monoisotopic (exact) mass is 266 g/mol. The van der Waals surface area contributed by atoms with Gasteiger partial charge in [0, 0.05) is 22.9 Å². The minimum Gasteiger partial charge on any atom is -0.323 e. The van der Waals surface area contributed by atoms with E-state index < -0.39 is 5.82 Å². The van der Waals surface area contributed by atoms with Gasteiger partial charge in [0.1, 0.15) is 11.6 Å². The molecule has 0 aliphatic heterocycles. The molecular formula is C13H12F2N2S. The molecule has 2 nitrogen and oxygen atoms in total. The summed E-state index contributed by atoms with van der Waals surface area (Å²) in [6, 6.07) is 7.26. The molecule has 2 N–H and O–H groups in total. The SMILES string of the molecule is NC(CSc1ccc(F)cc1)c1cncc(F)c1. The lowest BCUT2D eigenvalue weighted by atomic mass is 10.1. The van der Waals surface area contributed by atoms with Gasteiger partial charge in [0.15, 0.2) is 0 Å². The van der Waals surface area contributed by atoms with Crippen molar-refractivity contribution < 1.29 is 8.78 Å². The van der Waals surface area contributed by atoms with Crippen molar-refractivity contribution >= 4 is 11.8 Å². The highest BCUT2D eigenvalue weighted by molar-refractivity contribution is 7.99. The van der Waals surface area contributed by atoms with Crippen molar-refractivity contribution in [3.05, 3.63) is 59.9 Å². The Morgan fingerprint density at radius 2 is 1.83 bits per heavy atom. The first-order valence-corrected chi connectivity index (χ1v) is 6.38. The summed E-state index contributed by atoms with van der Waals surface area (Å²) in [5.74, 6) is -0.0794. The predicted octanol–water partition coefficient (Wildman–Crippen LogP) is 3.15. The molecule has 2 rings (SSSR count). The molecule has 1 aromatic heterocycles. The molecule has 5 heteroatoms. The van der Waals surface area contributed by atoms with Crippen LogP contribution in [0.2, 0.25) is 0 Å². The number of nitrogens with two attached hydrogens (primary N) is 1. The van der Waals surface area contributed by atoms with Crippen LogP contribution in [-0.4, -0.2) is 10.7 Å². The van der Waals surface area contributed by atoms with Gasteiger partial charge in [-0.3, -0.25) is 4.98 Å². The number of hydrogen-bond donors (Lipinski definition) is 1. The largest absolute Gasteiger partial charge is 0.323 e. The van der Waals surface area contributed by atoms with Crippen molar-refractivity contribution in [2.45, 2.75) is 10.9 Å². The molecule has 1 aromatic carbocycles. The molecule has 0 aliphatic rings. The van der Waals surface area contributed by atoms with Gasteiger partial charge >= 0.3 is 0 Å². The van der Waals surface area contributed by atoms with Crippen LogP contribution < -0.4 is 5.73 Å². The van der Waals surface area contributed by atoms with E-state index in [1.165, 1.54) is 30.0 Å². The van der Waals surface area contributed by atoms with E-state index in [1.807, 2.05) is 0 Å². The van der Waals surface area contributed by atoms with Gasteiger partial charge in [-0.2, -0.15) is 0 Å². The third-order valence-electron chi connectivity index (χ3n) is 2.40. The van der Waals surface area contributed by atoms with Gasteiger partial charge in [-0.25, -0.2) is 8.78 Å². The van der Waals surface area contributed by atoms with Crippen LogP contribution in [0.3, 0.4) is 0 Å². The van der Waals surface area contributed by atoms with Crippen molar-refractivity contribution in [2.75, 3.05) is 5.75 Å². The average molecular weight is 266 g/mol. The zero-order chi connectivity index (χ0) is 13.0. The molecule has 2 aromatic rings. The smallest absolute Gasteiger partial charge is 0.141 e. The van der Waals surface area contributed by atoms with E-state index in [-0.39, 0.29) is 11.9 Å². The zero-order valence-corrected chi connectivity index (χ0v) is 10.3. The lowest BCUT2D eigenvalue weighted by Gasteiger charge is -2.11. The maximum atomic E-state index is 13.0. The molecule has 94 valence electrons. The molecule has 0 spiro atoms. The number of thioether (sulfide) groups is 1. The van der Waals surface area contributed by atoms with E-state index in [0.29, 0.717) is 11.3 Å². The maximum absolute atomic E-state index is 13.0. The van der Waals surface area contributed by atoms with Gasteiger partial charge in [0.25, 0.3) is 0 Å². The molecule has 0 radical (unpaired) electrons. The summed E-state index contributed by atoms with van der Waals surface area (Å²) < 4.78 is 25.7. The molecule has 0 aliphatic carbocycles. The molecule has 0 amide bonds. The molecule has 0 saturated heterocycles. The lowest BCUT2D eigenvalue weighted by Crippen LogP contribution is -2.13. The van der Waals surface area contributed by atoms with Crippen molar-refractivity contribution in [2.24, 2.45) is 5.73 Å². The predicted molar refractivity (Wildman–Crippen MR) is 68.2 cm³/mol. The summed E-state index contributed by atoms with van der Waals surface area (Å²) in [4.78, 5) is 4.69. The minimum atomic E-state index is -0.394. The van der Waals surface area contributed by atoms with E-state index in [4.69, 9.17) is 5.73 Å². The van der Waals surface area contributed by atoms with Crippen LogP contribution in [0.15, 0.2) is 47.6 Å². The average Bonchev–Trinajstić information content (AvgIpc) is 2.38. The number of pyridine rings is 1. The first-order chi connectivity index (χ1) is 8.65. The standard InChI is InChI=1S/C13H12F2N2S/c14-10-1-3-12(4-2-10)18-8-13(16)9-5-11(15)7-17-6-9/h1-7,13H,8,16H2. The highest BCUT2D eigenvalue weighted by atomic mass is 32.2. The summed E-state index contributed by atoms with van der Waals surface area (Å²) in [7, 11) is 0. The summed E-state index contributed by atoms with van der Waals surface area (Å²) in [5.41, 5.74) is 6.60. The van der Waals surface area contributed by atoms with Crippen molar-refractivity contribution in [3.8, 4) is 0 Å². The first kappa shape index (κ1) is 13.0. The van der Waals surface area contributed by atoms with Crippen LogP contribution >= 0.6 is 11.8 Å². The second-order valence-corrected chi connectivity index (χ2v) is 4.90. The Hall–Kier alpha value is -1.46. The van der Waals surface area contributed by atoms with Crippen molar-refractivity contribution in [1.82, 2.24) is 4.98 Å². The number of rotatable bonds is 4. The number of hydrogen-bond acceptors (Lipinski definition) is 3. The Bertz CT molecular complexity index is 517. The van der Waals surface area contributed by atoms with Crippen LogP contribution in [0, 0.1) is 11.6 Å². The van der Waals surface area contributed by atoms with Crippen molar-refractivity contribution in [1.29, 1.82) is 0 Å². The summed E-state index contributed by atoms with van der Waals surface area (Å²) in [5, 5.41) is 0. The van der Waals surface area contributed by atoms with E-state index in [0.717, 1.165) is 11.1 Å². The number of halogens is 2. The van der Waals surface area contributed by atoms with Gasteiger partial charge in [-0.15, -0.1) is 11.8 Å². The van der Waals surface area contributed by atoms with Gasteiger partial charge in [-0.1, -0.05) is 0 Å². The highest BCUT2D eigenvalue weighted by Gasteiger charge is 2.08. The van der Waals surface area contributed by atoms with Crippen molar-refractivity contribution in [3.63, 3.8) is 0 Å². The van der Waals surface area contributed by atoms with E-state index in [1.54, 1.807) is 18.3 Å². The molecule has 1 unspecified atom stereocenters. The molecule has 0 bridgehead atoms. The first-order valence-electron chi connectivity index (χ1n) is 5.39.